The van der Waals surface area contributed by atoms with E-state index in [2.05, 4.69) is 10.6 Å². The number of aliphatic hydroxyl groups excluding tert-OH is 1. The Morgan fingerprint density at radius 1 is 1.13 bits per heavy atom. The number of hydrogen-bond donors (Lipinski definition) is 4. The predicted octanol–water partition coefficient (Wildman–Crippen LogP) is 1.69. The molecular weight excluding hydrogens is 296 g/mol. The molecule has 0 aliphatic carbocycles. The highest BCUT2D eigenvalue weighted by Gasteiger charge is 2.05. The monoisotopic (exact) mass is 324 g/mol. The van der Waals surface area contributed by atoms with Gasteiger partial charge in [0.05, 0.1) is 13.3 Å². The summed E-state index contributed by atoms with van der Waals surface area (Å²) in [5.41, 5.74) is 1.17. The lowest BCUT2D eigenvalue weighted by Gasteiger charge is -2.11. The van der Waals surface area contributed by atoms with Gasteiger partial charge in [0, 0.05) is 6.42 Å². The molecule has 0 bridgehead atoms. The van der Waals surface area contributed by atoms with Gasteiger partial charge in [0.25, 0.3) is 0 Å². The van der Waals surface area contributed by atoms with Gasteiger partial charge in [-0.25, -0.2) is 0 Å². The molecule has 4 N–H and O–H groups in total. The molecule has 0 amide bonds. The molecule has 6 heteroatoms. The number of aliphatic hydroxyl groups is 1. The number of rotatable bonds is 14. The quantitative estimate of drug-likeness (QED) is 0.307. The van der Waals surface area contributed by atoms with Crippen LogP contribution in [-0.2, 0) is 16.1 Å². The molecule has 1 rings (SSSR count). The molecule has 1 aromatic rings. The van der Waals surface area contributed by atoms with Gasteiger partial charge in [0.1, 0.15) is 6.23 Å². The van der Waals surface area contributed by atoms with E-state index >= 15 is 0 Å². The smallest absolute Gasteiger partial charge is 0.303 e. The largest absolute Gasteiger partial charge is 0.481 e. The summed E-state index contributed by atoms with van der Waals surface area (Å²) >= 11 is 0. The van der Waals surface area contributed by atoms with Crippen LogP contribution in [0.2, 0.25) is 0 Å². The van der Waals surface area contributed by atoms with Gasteiger partial charge in [-0.3, -0.25) is 15.4 Å². The third kappa shape index (κ3) is 11.7. The van der Waals surface area contributed by atoms with Crippen molar-refractivity contribution in [2.24, 2.45) is 0 Å². The Morgan fingerprint density at radius 2 is 1.87 bits per heavy atom. The molecule has 0 radical (unpaired) electrons. The normalized spacial score (nSPS) is 12.2. The van der Waals surface area contributed by atoms with E-state index in [1.165, 1.54) is 5.56 Å². The van der Waals surface area contributed by atoms with E-state index in [4.69, 9.17) is 9.84 Å². The third-order valence-electron chi connectivity index (χ3n) is 3.36. The number of carboxylic acids is 1. The van der Waals surface area contributed by atoms with Crippen LogP contribution in [0.3, 0.4) is 0 Å². The van der Waals surface area contributed by atoms with Gasteiger partial charge in [-0.2, -0.15) is 0 Å². The van der Waals surface area contributed by atoms with Crippen molar-refractivity contribution in [3.05, 3.63) is 35.9 Å². The molecule has 1 unspecified atom stereocenters. The van der Waals surface area contributed by atoms with Crippen molar-refractivity contribution in [1.29, 1.82) is 0 Å². The van der Waals surface area contributed by atoms with Gasteiger partial charge in [-0.05, 0) is 37.9 Å². The van der Waals surface area contributed by atoms with E-state index in [0.29, 0.717) is 19.9 Å². The van der Waals surface area contributed by atoms with Crippen molar-refractivity contribution in [2.75, 3.05) is 19.8 Å². The van der Waals surface area contributed by atoms with E-state index in [1.807, 2.05) is 30.3 Å². The van der Waals surface area contributed by atoms with Gasteiger partial charge in [0.15, 0.2) is 0 Å². The molecule has 0 saturated heterocycles. The molecule has 6 nitrogen and oxygen atoms in total. The molecule has 1 atom stereocenters. The highest BCUT2D eigenvalue weighted by atomic mass is 16.5. The van der Waals surface area contributed by atoms with Crippen LogP contribution in [0.1, 0.15) is 37.7 Å². The first-order valence-electron chi connectivity index (χ1n) is 8.14. The molecule has 0 aromatic heterocycles. The fourth-order valence-electron chi connectivity index (χ4n) is 2.07. The summed E-state index contributed by atoms with van der Waals surface area (Å²) in [5.74, 6) is -0.883. The standard InChI is InChI=1S/C17H28N2O4/c20-16(9-10-17(21)22)19-12-6-2-5-11-18-14-23-13-15-7-3-1-4-8-15/h1,3-4,7-8,16,18-20H,2,5-6,9-14H2,(H,21,22). The van der Waals surface area contributed by atoms with Crippen LogP contribution in [0, 0.1) is 0 Å². The summed E-state index contributed by atoms with van der Waals surface area (Å²) in [7, 11) is 0. The van der Waals surface area contributed by atoms with Crippen molar-refractivity contribution < 1.29 is 19.7 Å². The zero-order valence-electron chi connectivity index (χ0n) is 13.5. The van der Waals surface area contributed by atoms with Crippen molar-refractivity contribution in [2.45, 2.75) is 44.9 Å². The van der Waals surface area contributed by atoms with E-state index < -0.39 is 12.2 Å². The molecule has 130 valence electrons. The molecule has 0 spiro atoms. The lowest BCUT2D eigenvalue weighted by atomic mass is 10.2. The van der Waals surface area contributed by atoms with Crippen molar-refractivity contribution in [1.82, 2.24) is 10.6 Å². The number of benzene rings is 1. The molecule has 23 heavy (non-hydrogen) atoms. The third-order valence-corrected chi connectivity index (χ3v) is 3.36. The molecule has 0 saturated carbocycles. The summed E-state index contributed by atoms with van der Waals surface area (Å²) < 4.78 is 5.52. The Labute approximate surface area is 137 Å². The fraction of sp³-hybridized carbons (Fsp3) is 0.588. The second kappa shape index (κ2) is 13.0. The average Bonchev–Trinajstić information content (AvgIpc) is 2.55. The topological polar surface area (TPSA) is 90.8 Å². The van der Waals surface area contributed by atoms with E-state index in [0.717, 1.165) is 25.8 Å². The fourth-order valence-corrected chi connectivity index (χ4v) is 2.07. The number of aliphatic carboxylic acids is 1. The van der Waals surface area contributed by atoms with Gasteiger partial charge in [0.2, 0.25) is 0 Å². The first kappa shape index (κ1) is 19.6. The summed E-state index contributed by atoms with van der Waals surface area (Å²) in [6, 6.07) is 10.1. The van der Waals surface area contributed by atoms with Crippen LogP contribution in [0.25, 0.3) is 0 Å². The Kier molecular flexibility index (Phi) is 11.1. The number of hydrogen-bond acceptors (Lipinski definition) is 5. The minimum Gasteiger partial charge on any atom is -0.481 e. The SMILES string of the molecule is O=C(O)CCC(O)NCCCCCNCOCc1ccccc1. The van der Waals surface area contributed by atoms with Crippen molar-refractivity contribution >= 4 is 5.97 Å². The maximum absolute atomic E-state index is 10.4. The number of nitrogens with one attached hydrogen (secondary N) is 2. The lowest BCUT2D eigenvalue weighted by Crippen LogP contribution is -2.30. The zero-order chi connectivity index (χ0) is 16.8. The van der Waals surface area contributed by atoms with Crippen LogP contribution < -0.4 is 10.6 Å². The Morgan fingerprint density at radius 3 is 2.61 bits per heavy atom. The number of carboxylic acid groups (broad SMARTS) is 1. The lowest BCUT2D eigenvalue weighted by molar-refractivity contribution is -0.137. The van der Waals surface area contributed by atoms with Crippen LogP contribution in [-0.4, -0.2) is 42.2 Å². The van der Waals surface area contributed by atoms with Crippen LogP contribution in [0.15, 0.2) is 30.3 Å². The molecular formula is C17H28N2O4. The van der Waals surface area contributed by atoms with Crippen molar-refractivity contribution in [3.8, 4) is 0 Å². The average molecular weight is 324 g/mol. The molecule has 0 heterocycles. The summed E-state index contributed by atoms with van der Waals surface area (Å²) in [6.45, 7) is 2.76. The summed E-state index contributed by atoms with van der Waals surface area (Å²) in [6.07, 6.45) is 2.55. The van der Waals surface area contributed by atoms with E-state index in [1.54, 1.807) is 0 Å². The van der Waals surface area contributed by atoms with Gasteiger partial charge >= 0.3 is 5.97 Å². The van der Waals surface area contributed by atoms with Gasteiger partial charge < -0.3 is 14.9 Å². The number of ether oxygens (including phenoxy) is 1. The number of carbonyl (C=O) groups is 1. The number of unbranched alkanes of at least 4 members (excludes halogenated alkanes) is 2. The Bertz CT molecular complexity index is 414. The van der Waals surface area contributed by atoms with Crippen LogP contribution >= 0.6 is 0 Å². The Hall–Kier alpha value is -1.47. The second-order valence-electron chi connectivity index (χ2n) is 5.44. The minimum absolute atomic E-state index is 0.0128. The highest BCUT2D eigenvalue weighted by Crippen LogP contribution is 2.00. The van der Waals surface area contributed by atoms with Crippen molar-refractivity contribution in [3.63, 3.8) is 0 Å². The highest BCUT2D eigenvalue weighted by molar-refractivity contribution is 5.66. The minimum atomic E-state index is -0.883. The van der Waals surface area contributed by atoms with Gasteiger partial charge in [-0.15, -0.1) is 0 Å². The van der Waals surface area contributed by atoms with Crippen LogP contribution in [0.5, 0.6) is 0 Å². The predicted molar refractivity (Wildman–Crippen MR) is 88.8 cm³/mol. The first-order chi connectivity index (χ1) is 11.2. The zero-order valence-corrected chi connectivity index (χ0v) is 13.5. The first-order valence-corrected chi connectivity index (χ1v) is 8.14. The molecule has 0 aliphatic heterocycles. The maximum atomic E-state index is 10.4. The molecule has 0 aliphatic rings. The maximum Gasteiger partial charge on any atom is 0.303 e. The second-order valence-corrected chi connectivity index (χ2v) is 5.44. The van der Waals surface area contributed by atoms with E-state index in [9.17, 15) is 9.90 Å². The summed E-state index contributed by atoms with van der Waals surface area (Å²) in [4.78, 5) is 10.4. The summed E-state index contributed by atoms with van der Waals surface area (Å²) in [5, 5.41) is 24.1. The van der Waals surface area contributed by atoms with Gasteiger partial charge in [-0.1, -0.05) is 36.8 Å². The molecule has 1 aromatic carbocycles. The van der Waals surface area contributed by atoms with Crippen LogP contribution in [0.4, 0.5) is 0 Å². The Balaban J connectivity index is 1.82. The van der Waals surface area contributed by atoms with E-state index in [-0.39, 0.29) is 12.8 Å². The molecule has 0 fully saturated rings.